The molecule has 0 fully saturated rings. The van der Waals surface area contributed by atoms with Crippen LogP contribution in [0.5, 0.6) is 5.75 Å². The van der Waals surface area contributed by atoms with Crippen LogP contribution in [0.3, 0.4) is 0 Å². The largest absolute Gasteiger partial charge is 0.507 e. The quantitative estimate of drug-likeness (QED) is 0.823. The fraction of sp³-hybridized carbons (Fsp3) is 0.300. The second-order valence-electron chi connectivity index (χ2n) is 3.13. The summed E-state index contributed by atoms with van der Waals surface area (Å²) < 4.78 is 1.02. The molecule has 0 saturated carbocycles. The van der Waals surface area contributed by atoms with Crippen LogP contribution in [-0.4, -0.2) is 5.11 Å². The number of nitriles is 1. The lowest BCUT2D eigenvalue weighted by molar-refractivity contribution is 0.457. The van der Waals surface area contributed by atoms with Gasteiger partial charge in [-0.1, -0.05) is 0 Å². The molecule has 74 valence electrons. The molecule has 0 aliphatic heterocycles. The van der Waals surface area contributed by atoms with Crippen molar-refractivity contribution in [1.82, 2.24) is 0 Å². The first kappa shape index (κ1) is 11.3. The molecule has 4 heteroatoms. The minimum Gasteiger partial charge on any atom is -0.507 e. The van der Waals surface area contributed by atoms with E-state index >= 15 is 0 Å². The predicted molar refractivity (Wildman–Crippen MR) is 62.7 cm³/mol. The second kappa shape index (κ2) is 4.62. The van der Waals surface area contributed by atoms with Gasteiger partial charge in [-0.25, -0.2) is 0 Å². The highest BCUT2D eigenvalue weighted by Crippen LogP contribution is 2.29. The Labute approximate surface area is 96.7 Å². The molecule has 0 spiro atoms. The van der Waals surface area contributed by atoms with Gasteiger partial charge in [-0.05, 0) is 47.2 Å². The van der Waals surface area contributed by atoms with Gasteiger partial charge in [0.15, 0.2) is 0 Å². The van der Waals surface area contributed by atoms with Crippen molar-refractivity contribution in [2.45, 2.75) is 19.4 Å². The molecule has 0 aliphatic rings. The van der Waals surface area contributed by atoms with Crippen molar-refractivity contribution in [1.29, 1.82) is 5.26 Å². The first-order valence-corrected chi connectivity index (χ1v) is 5.25. The third kappa shape index (κ3) is 2.36. The first-order chi connectivity index (χ1) is 6.56. The molecule has 3 nitrogen and oxygen atoms in total. The fourth-order valence-electron chi connectivity index (χ4n) is 1.25. The summed E-state index contributed by atoms with van der Waals surface area (Å²) in [6.07, 6.45) is 0.215. The van der Waals surface area contributed by atoms with Gasteiger partial charge in [0.2, 0.25) is 0 Å². The lowest BCUT2D eigenvalue weighted by Crippen LogP contribution is -2.10. The minimum atomic E-state index is -0.409. The van der Waals surface area contributed by atoms with E-state index in [0.29, 0.717) is 5.56 Å². The number of aryl methyl sites for hydroxylation is 1. The van der Waals surface area contributed by atoms with Crippen LogP contribution in [0.4, 0.5) is 0 Å². The molecular formula is C10H11IN2O. The number of benzene rings is 1. The van der Waals surface area contributed by atoms with Crippen molar-refractivity contribution in [3.05, 3.63) is 26.8 Å². The van der Waals surface area contributed by atoms with Crippen LogP contribution in [-0.2, 0) is 0 Å². The minimum absolute atomic E-state index is 0.202. The van der Waals surface area contributed by atoms with E-state index in [2.05, 4.69) is 22.6 Å². The Morgan fingerprint density at radius 1 is 1.64 bits per heavy atom. The van der Waals surface area contributed by atoms with Gasteiger partial charge in [-0.15, -0.1) is 0 Å². The van der Waals surface area contributed by atoms with E-state index in [4.69, 9.17) is 11.0 Å². The lowest BCUT2D eigenvalue weighted by Gasteiger charge is -2.12. The Hall–Kier alpha value is -0.800. The van der Waals surface area contributed by atoms with E-state index in [1.165, 1.54) is 0 Å². The van der Waals surface area contributed by atoms with Crippen LogP contribution in [0, 0.1) is 21.8 Å². The number of phenols is 1. The number of hydrogen-bond acceptors (Lipinski definition) is 3. The number of nitrogens with two attached hydrogens (primary N) is 1. The summed E-state index contributed by atoms with van der Waals surface area (Å²) in [7, 11) is 0. The summed E-state index contributed by atoms with van der Waals surface area (Å²) in [4.78, 5) is 0. The summed E-state index contributed by atoms with van der Waals surface area (Å²) >= 11 is 2.16. The molecule has 0 aliphatic carbocycles. The molecule has 3 N–H and O–H groups in total. The van der Waals surface area contributed by atoms with Gasteiger partial charge in [0.1, 0.15) is 5.75 Å². The Morgan fingerprint density at radius 3 is 2.86 bits per heavy atom. The number of hydrogen-bond donors (Lipinski definition) is 2. The third-order valence-electron chi connectivity index (χ3n) is 2.01. The SMILES string of the molecule is Cc1cc(I)cc([C@@H](N)CC#N)c1O. The monoisotopic (exact) mass is 302 g/mol. The molecule has 1 atom stereocenters. The van der Waals surface area contributed by atoms with Gasteiger partial charge in [0, 0.05) is 15.2 Å². The van der Waals surface area contributed by atoms with Crippen molar-refractivity contribution < 1.29 is 5.11 Å². The number of rotatable bonds is 2. The molecule has 0 unspecified atom stereocenters. The molecule has 1 aromatic carbocycles. The van der Waals surface area contributed by atoms with E-state index in [9.17, 15) is 5.11 Å². The lowest BCUT2D eigenvalue weighted by atomic mass is 10.0. The molecule has 0 heterocycles. The number of aromatic hydroxyl groups is 1. The Kier molecular flexibility index (Phi) is 3.72. The summed E-state index contributed by atoms with van der Waals surface area (Å²) in [5.74, 6) is 0.202. The average molecular weight is 302 g/mol. The Bertz CT molecular complexity index is 384. The predicted octanol–water partition coefficient (Wildman–Crippen LogP) is 2.22. The molecule has 0 bridgehead atoms. The molecule has 14 heavy (non-hydrogen) atoms. The molecule has 0 amide bonds. The van der Waals surface area contributed by atoms with Crippen LogP contribution in [0.15, 0.2) is 12.1 Å². The standard InChI is InChI=1S/C10H11IN2O/c1-6-4-7(11)5-8(10(6)14)9(13)2-3-12/h4-5,9,14H,2,13H2,1H3/t9-/m0/s1. The van der Waals surface area contributed by atoms with E-state index < -0.39 is 6.04 Å². The topological polar surface area (TPSA) is 70.0 Å². The average Bonchev–Trinajstić information content (AvgIpc) is 2.11. The van der Waals surface area contributed by atoms with E-state index in [1.54, 1.807) is 0 Å². The van der Waals surface area contributed by atoms with Crippen molar-refractivity contribution in [3.8, 4) is 11.8 Å². The van der Waals surface area contributed by atoms with Gasteiger partial charge < -0.3 is 10.8 Å². The highest BCUT2D eigenvalue weighted by molar-refractivity contribution is 14.1. The van der Waals surface area contributed by atoms with Crippen LogP contribution >= 0.6 is 22.6 Å². The van der Waals surface area contributed by atoms with Gasteiger partial charge in [-0.3, -0.25) is 0 Å². The maximum Gasteiger partial charge on any atom is 0.123 e. The number of phenolic OH excluding ortho intramolecular Hbond substituents is 1. The third-order valence-corrected chi connectivity index (χ3v) is 2.63. The Balaban J connectivity index is 3.14. The molecule has 1 rings (SSSR count). The first-order valence-electron chi connectivity index (χ1n) is 4.17. The maximum atomic E-state index is 9.73. The van der Waals surface area contributed by atoms with E-state index in [1.807, 2.05) is 25.1 Å². The van der Waals surface area contributed by atoms with Crippen LogP contribution in [0.25, 0.3) is 0 Å². The normalized spacial score (nSPS) is 12.1. The van der Waals surface area contributed by atoms with Crippen LogP contribution < -0.4 is 5.73 Å². The number of halogens is 1. The fourth-order valence-corrected chi connectivity index (χ4v) is 2.06. The maximum absolute atomic E-state index is 9.73. The second-order valence-corrected chi connectivity index (χ2v) is 4.37. The molecular weight excluding hydrogens is 291 g/mol. The van der Waals surface area contributed by atoms with Crippen molar-refractivity contribution in [3.63, 3.8) is 0 Å². The zero-order valence-corrected chi connectivity index (χ0v) is 9.95. The summed E-state index contributed by atoms with van der Waals surface area (Å²) in [6.45, 7) is 1.82. The Morgan fingerprint density at radius 2 is 2.29 bits per heavy atom. The summed E-state index contributed by atoms with van der Waals surface area (Å²) in [5, 5.41) is 18.2. The molecule has 1 aromatic rings. The van der Waals surface area contributed by atoms with Gasteiger partial charge in [0.25, 0.3) is 0 Å². The summed E-state index contributed by atoms with van der Waals surface area (Å²) in [6, 6.07) is 5.27. The van der Waals surface area contributed by atoms with Gasteiger partial charge >= 0.3 is 0 Å². The van der Waals surface area contributed by atoms with Crippen LogP contribution in [0.2, 0.25) is 0 Å². The highest BCUT2D eigenvalue weighted by Gasteiger charge is 2.13. The molecule has 0 aromatic heterocycles. The number of nitrogens with zero attached hydrogens (tertiary/aromatic N) is 1. The van der Waals surface area contributed by atoms with Gasteiger partial charge in [-0.2, -0.15) is 5.26 Å². The van der Waals surface area contributed by atoms with Crippen LogP contribution in [0.1, 0.15) is 23.6 Å². The molecule has 0 radical (unpaired) electrons. The van der Waals surface area contributed by atoms with Crippen molar-refractivity contribution in [2.24, 2.45) is 5.73 Å². The highest BCUT2D eigenvalue weighted by atomic mass is 127. The van der Waals surface area contributed by atoms with Crippen molar-refractivity contribution >= 4 is 22.6 Å². The summed E-state index contributed by atoms with van der Waals surface area (Å²) in [5.41, 5.74) is 7.20. The van der Waals surface area contributed by atoms with E-state index in [-0.39, 0.29) is 12.2 Å². The smallest absolute Gasteiger partial charge is 0.123 e. The zero-order valence-electron chi connectivity index (χ0n) is 7.79. The van der Waals surface area contributed by atoms with E-state index in [0.717, 1.165) is 9.13 Å². The molecule has 0 saturated heterocycles. The van der Waals surface area contributed by atoms with Gasteiger partial charge in [0.05, 0.1) is 12.5 Å². The zero-order chi connectivity index (χ0) is 10.7. The van der Waals surface area contributed by atoms with Crippen molar-refractivity contribution in [2.75, 3.05) is 0 Å².